The Hall–Kier alpha value is -1.75. The molecule has 0 atom stereocenters. The first-order valence-corrected chi connectivity index (χ1v) is 5.04. The number of carbonyl (C=O) groups is 1. The molecule has 0 aliphatic carbocycles. The van der Waals surface area contributed by atoms with Crippen LogP contribution in [-0.4, -0.2) is 31.2 Å². The third-order valence-corrected chi connectivity index (χ3v) is 2.12. The zero-order chi connectivity index (χ0) is 12.0. The van der Waals surface area contributed by atoms with Crippen LogP contribution in [0.25, 0.3) is 0 Å². The maximum absolute atomic E-state index is 11.6. The van der Waals surface area contributed by atoms with E-state index in [1.54, 1.807) is 6.07 Å². The topological polar surface area (TPSA) is 84.6 Å². The number of amides is 1. The molecule has 0 aliphatic rings. The van der Waals surface area contributed by atoms with Gasteiger partial charge in [0.05, 0.1) is 12.7 Å². The fourth-order valence-corrected chi connectivity index (χ4v) is 1.23. The van der Waals surface area contributed by atoms with E-state index in [1.807, 2.05) is 0 Å². The van der Waals surface area contributed by atoms with Crippen molar-refractivity contribution in [2.24, 2.45) is 5.73 Å². The number of phenols is 1. The Balaban J connectivity index is 2.68. The van der Waals surface area contributed by atoms with Crippen molar-refractivity contribution in [3.63, 3.8) is 0 Å². The summed E-state index contributed by atoms with van der Waals surface area (Å²) in [6.07, 6.45) is 0.711. The Kier molecular flexibility index (Phi) is 4.60. The van der Waals surface area contributed by atoms with Gasteiger partial charge in [-0.2, -0.15) is 0 Å². The Labute approximate surface area is 94.2 Å². The quantitative estimate of drug-likeness (QED) is 0.635. The summed E-state index contributed by atoms with van der Waals surface area (Å²) in [7, 11) is 1.50. The van der Waals surface area contributed by atoms with Gasteiger partial charge in [-0.05, 0) is 25.1 Å². The number of methoxy groups -OCH3 is 1. The minimum absolute atomic E-state index is 0.0930. The summed E-state index contributed by atoms with van der Waals surface area (Å²) in [5.41, 5.74) is 5.54. The number of ether oxygens (including phenoxy) is 1. The fraction of sp³-hybridized carbons (Fsp3) is 0.364. The third kappa shape index (κ3) is 3.13. The van der Waals surface area contributed by atoms with Gasteiger partial charge >= 0.3 is 0 Å². The van der Waals surface area contributed by atoms with Crippen LogP contribution in [0.4, 0.5) is 0 Å². The van der Waals surface area contributed by atoms with Gasteiger partial charge in [0, 0.05) is 12.6 Å². The van der Waals surface area contributed by atoms with Crippen LogP contribution in [-0.2, 0) is 0 Å². The smallest absolute Gasteiger partial charge is 0.255 e. The Morgan fingerprint density at radius 1 is 1.56 bits per heavy atom. The number of nitrogens with one attached hydrogen (secondary N) is 1. The molecule has 0 spiro atoms. The highest BCUT2D eigenvalue weighted by Crippen LogP contribution is 2.22. The number of benzene rings is 1. The third-order valence-electron chi connectivity index (χ3n) is 2.12. The number of rotatable bonds is 5. The highest BCUT2D eigenvalue weighted by atomic mass is 16.5. The first-order valence-electron chi connectivity index (χ1n) is 5.04. The minimum atomic E-state index is -0.311. The van der Waals surface area contributed by atoms with Crippen LogP contribution in [0.2, 0.25) is 0 Å². The summed E-state index contributed by atoms with van der Waals surface area (Å²) in [5, 5.41) is 12.2. The second kappa shape index (κ2) is 5.97. The molecule has 0 aliphatic heterocycles. The lowest BCUT2D eigenvalue weighted by Gasteiger charge is -2.07. The first kappa shape index (κ1) is 12.3. The molecule has 1 rings (SSSR count). The highest BCUT2D eigenvalue weighted by Gasteiger charge is 2.10. The van der Waals surface area contributed by atoms with Gasteiger partial charge in [-0.15, -0.1) is 0 Å². The minimum Gasteiger partial charge on any atom is -0.507 e. The number of aromatic hydroxyl groups is 1. The molecular weight excluding hydrogens is 208 g/mol. The molecule has 0 heterocycles. The summed E-state index contributed by atoms with van der Waals surface area (Å²) in [4.78, 5) is 11.6. The zero-order valence-electron chi connectivity index (χ0n) is 9.19. The second-order valence-corrected chi connectivity index (χ2v) is 3.28. The molecule has 0 aromatic heterocycles. The monoisotopic (exact) mass is 224 g/mol. The van der Waals surface area contributed by atoms with Crippen LogP contribution in [0.1, 0.15) is 16.8 Å². The standard InChI is InChI=1S/C11H16N2O3/c1-16-8-3-4-9(10(14)7-8)11(15)13-6-2-5-12/h3-4,7,14H,2,5-6,12H2,1H3,(H,13,15). The van der Waals surface area contributed by atoms with Gasteiger partial charge < -0.3 is 20.9 Å². The first-order chi connectivity index (χ1) is 7.69. The largest absolute Gasteiger partial charge is 0.507 e. The van der Waals surface area contributed by atoms with Crippen LogP contribution in [0.15, 0.2) is 18.2 Å². The predicted molar refractivity (Wildman–Crippen MR) is 60.7 cm³/mol. The normalized spacial score (nSPS) is 9.88. The average Bonchev–Trinajstić information content (AvgIpc) is 2.29. The van der Waals surface area contributed by atoms with E-state index in [-0.39, 0.29) is 17.2 Å². The van der Waals surface area contributed by atoms with Crippen molar-refractivity contribution in [1.82, 2.24) is 5.32 Å². The molecule has 1 aromatic carbocycles. The predicted octanol–water partition coefficient (Wildman–Crippen LogP) is 0.479. The Morgan fingerprint density at radius 3 is 2.88 bits per heavy atom. The second-order valence-electron chi connectivity index (χ2n) is 3.28. The van der Waals surface area contributed by atoms with Gasteiger partial charge in [-0.3, -0.25) is 4.79 Å². The maximum Gasteiger partial charge on any atom is 0.255 e. The van der Waals surface area contributed by atoms with E-state index in [0.29, 0.717) is 25.3 Å². The lowest BCUT2D eigenvalue weighted by molar-refractivity contribution is 0.0951. The Bertz CT molecular complexity index is 366. The molecule has 0 saturated heterocycles. The van der Waals surface area contributed by atoms with Crippen molar-refractivity contribution in [1.29, 1.82) is 0 Å². The number of hydrogen-bond acceptors (Lipinski definition) is 4. The fourth-order valence-electron chi connectivity index (χ4n) is 1.23. The number of hydrogen-bond donors (Lipinski definition) is 3. The van der Waals surface area contributed by atoms with E-state index < -0.39 is 0 Å². The molecule has 0 radical (unpaired) electrons. The molecule has 1 amide bonds. The molecule has 0 saturated carbocycles. The van der Waals surface area contributed by atoms with Gasteiger partial charge in [0.25, 0.3) is 5.91 Å². The van der Waals surface area contributed by atoms with Gasteiger partial charge in [-0.1, -0.05) is 0 Å². The maximum atomic E-state index is 11.6. The van der Waals surface area contributed by atoms with Crippen molar-refractivity contribution in [2.45, 2.75) is 6.42 Å². The molecular formula is C11H16N2O3. The van der Waals surface area contributed by atoms with Gasteiger partial charge in [0.1, 0.15) is 11.5 Å². The van der Waals surface area contributed by atoms with Crippen molar-refractivity contribution < 1.29 is 14.6 Å². The van der Waals surface area contributed by atoms with Crippen molar-refractivity contribution in [2.75, 3.05) is 20.2 Å². The molecule has 1 aromatic rings. The average molecular weight is 224 g/mol. The molecule has 88 valence electrons. The molecule has 0 bridgehead atoms. The van der Waals surface area contributed by atoms with Crippen LogP contribution >= 0.6 is 0 Å². The molecule has 5 nitrogen and oxygen atoms in total. The number of nitrogens with two attached hydrogens (primary N) is 1. The van der Waals surface area contributed by atoms with E-state index in [2.05, 4.69) is 5.32 Å². The molecule has 4 N–H and O–H groups in total. The van der Waals surface area contributed by atoms with Crippen LogP contribution in [0.5, 0.6) is 11.5 Å². The van der Waals surface area contributed by atoms with Crippen LogP contribution in [0, 0.1) is 0 Å². The highest BCUT2D eigenvalue weighted by molar-refractivity contribution is 5.96. The van der Waals surface area contributed by atoms with E-state index in [4.69, 9.17) is 10.5 Å². The van der Waals surface area contributed by atoms with E-state index in [1.165, 1.54) is 19.2 Å². The van der Waals surface area contributed by atoms with Crippen molar-refractivity contribution in [3.8, 4) is 11.5 Å². The summed E-state index contributed by atoms with van der Waals surface area (Å²) in [5.74, 6) is 0.106. The SMILES string of the molecule is COc1ccc(C(=O)NCCCN)c(O)c1. The number of phenolic OH excluding ortho intramolecular Hbond substituents is 1. The van der Waals surface area contributed by atoms with E-state index in [9.17, 15) is 9.90 Å². The zero-order valence-corrected chi connectivity index (χ0v) is 9.19. The molecule has 16 heavy (non-hydrogen) atoms. The summed E-state index contributed by atoms with van der Waals surface area (Å²) in [6.45, 7) is 1.02. The summed E-state index contributed by atoms with van der Waals surface area (Å²) >= 11 is 0. The van der Waals surface area contributed by atoms with Crippen LogP contribution in [0.3, 0.4) is 0 Å². The summed E-state index contributed by atoms with van der Waals surface area (Å²) < 4.78 is 4.92. The van der Waals surface area contributed by atoms with Gasteiger partial charge in [-0.25, -0.2) is 0 Å². The summed E-state index contributed by atoms with van der Waals surface area (Å²) in [6, 6.07) is 4.54. The molecule has 0 unspecified atom stereocenters. The lowest BCUT2D eigenvalue weighted by Crippen LogP contribution is -2.25. The van der Waals surface area contributed by atoms with Crippen molar-refractivity contribution >= 4 is 5.91 Å². The number of carbonyl (C=O) groups excluding carboxylic acids is 1. The van der Waals surface area contributed by atoms with E-state index >= 15 is 0 Å². The molecule has 0 fully saturated rings. The molecule has 5 heteroatoms. The van der Waals surface area contributed by atoms with E-state index in [0.717, 1.165) is 0 Å². The van der Waals surface area contributed by atoms with Crippen LogP contribution < -0.4 is 15.8 Å². The van der Waals surface area contributed by atoms with Gasteiger partial charge in [0.2, 0.25) is 0 Å². The van der Waals surface area contributed by atoms with Crippen molar-refractivity contribution in [3.05, 3.63) is 23.8 Å². The Morgan fingerprint density at radius 2 is 2.31 bits per heavy atom. The van der Waals surface area contributed by atoms with Gasteiger partial charge in [0.15, 0.2) is 0 Å². The lowest BCUT2D eigenvalue weighted by atomic mass is 10.2.